The first-order chi connectivity index (χ1) is 9.00. The summed E-state index contributed by atoms with van der Waals surface area (Å²) in [4.78, 5) is 5.21. The highest BCUT2D eigenvalue weighted by atomic mass is 15.3. The Balaban J connectivity index is 1.57. The molecule has 0 bridgehead atoms. The van der Waals surface area contributed by atoms with Crippen LogP contribution in [0.1, 0.15) is 46.0 Å². The molecule has 1 saturated heterocycles. The second-order valence-corrected chi connectivity index (χ2v) is 7.74. The van der Waals surface area contributed by atoms with Crippen LogP contribution in [0.4, 0.5) is 0 Å². The normalized spacial score (nSPS) is 40.6. The maximum absolute atomic E-state index is 2.86. The predicted octanol–water partition coefficient (Wildman–Crippen LogP) is 3.15. The lowest BCUT2D eigenvalue weighted by Crippen LogP contribution is -2.71. The van der Waals surface area contributed by atoms with Gasteiger partial charge in [0.1, 0.15) is 0 Å². The van der Waals surface area contributed by atoms with Crippen LogP contribution in [0.3, 0.4) is 0 Å². The fourth-order valence-corrected chi connectivity index (χ4v) is 4.56. The minimum Gasteiger partial charge on any atom is -0.309 e. The minimum absolute atomic E-state index is 0.627. The van der Waals surface area contributed by atoms with Gasteiger partial charge in [-0.05, 0) is 58.0 Å². The molecule has 2 saturated carbocycles. The standard InChI is InChI=1S/C17H30N2/c1-13(2)9-15-5-6-16(15)19-8-7-17(19)10-14(11-17)12-18(3)4/h9,13-14,16H,5-8,10-12H2,1-4H3/b15-9+. The summed E-state index contributed by atoms with van der Waals surface area (Å²) >= 11 is 0. The van der Waals surface area contributed by atoms with Crippen LogP contribution >= 0.6 is 0 Å². The topological polar surface area (TPSA) is 6.48 Å². The summed E-state index contributed by atoms with van der Waals surface area (Å²) in [5, 5.41) is 0. The molecule has 0 aromatic heterocycles. The van der Waals surface area contributed by atoms with E-state index in [1.54, 1.807) is 5.57 Å². The third-order valence-electron chi connectivity index (χ3n) is 5.45. The molecule has 3 rings (SSSR count). The van der Waals surface area contributed by atoms with Gasteiger partial charge in [-0.3, -0.25) is 4.90 Å². The van der Waals surface area contributed by atoms with E-state index in [9.17, 15) is 0 Å². The van der Waals surface area contributed by atoms with Crippen molar-refractivity contribution in [3.8, 4) is 0 Å². The maximum Gasteiger partial charge on any atom is 0.0316 e. The van der Waals surface area contributed by atoms with E-state index >= 15 is 0 Å². The lowest BCUT2D eigenvalue weighted by atomic mass is 9.59. The van der Waals surface area contributed by atoms with E-state index < -0.39 is 0 Å². The van der Waals surface area contributed by atoms with Crippen LogP contribution in [0, 0.1) is 11.8 Å². The molecule has 0 aromatic rings. The lowest BCUT2D eigenvalue weighted by molar-refractivity contribution is -0.133. The highest BCUT2D eigenvalue weighted by Gasteiger charge is 2.56. The molecule has 2 heteroatoms. The molecule has 3 fully saturated rings. The molecule has 1 spiro atoms. The largest absolute Gasteiger partial charge is 0.309 e. The molecule has 2 nitrogen and oxygen atoms in total. The van der Waals surface area contributed by atoms with E-state index in [-0.39, 0.29) is 0 Å². The molecule has 1 atom stereocenters. The molecule has 3 aliphatic rings. The monoisotopic (exact) mass is 262 g/mol. The molecule has 1 aliphatic heterocycles. The van der Waals surface area contributed by atoms with Crippen LogP contribution in [-0.4, -0.2) is 48.6 Å². The van der Waals surface area contributed by atoms with Gasteiger partial charge in [0.05, 0.1) is 0 Å². The number of allylic oxidation sites excluding steroid dienone is 1. The van der Waals surface area contributed by atoms with Gasteiger partial charge in [-0.1, -0.05) is 25.5 Å². The number of likely N-dealkylation sites (tertiary alicyclic amines) is 1. The van der Waals surface area contributed by atoms with Crippen LogP contribution in [0.5, 0.6) is 0 Å². The van der Waals surface area contributed by atoms with Crippen molar-refractivity contribution in [3.05, 3.63) is 11.6 Å². The Morgan fingerprint density at radius 1 is 1.37 bits per heavy atom. The summed E-state index contributed by atoms with van der Waals surface area (Å²) in [5.74, 6) is 1.67. The molecule has 1 heterocycles. The van der Waals surface area contributed by atoms with Crippen molar-refractivity contribution in [1.29, 1.82) is 0 Å². The van der Waals surface area contributed by atoms with Crippen molar-refractivity contribution in [2.24, 2.45) is 11.8 Å². The van der Waals surface area contributed by atoms with E-state index in [1.165, 1.54) is 45.2 Å². The summed E-state index contributed by atoms with van der Waals surface area (Å²) in [6.45, 7) is 7.26. The quantitative estimate of drug-likeness (QED) is 0.718. The molecule has 19 heavy (non-hydrogen) atoms. The summed E-state index contributed by atoms with van der Waals surface area (Å²) < 4.78 is 0. The Labute approximate surface area is 118 Å². The Morgan fingerprint density at radius 3 is 2.53 bits per heavy atom. The summed E-state index contributed by atoms with van der Waals surface area (Å²) in [6, 6.07) is 0.816. The van der Waals surface area contributed by atoms with Gasteiger partial charge in [0.25, 0.3) is 0 Å². The molecule has 0 amide bonds. The van der Waals surface area contributed by atoms with Gasteiger partial charge in [0, 0.05) is 24.7 Å². The average Bonchev–Trinajstić information content (AvgIpc) is 2.23. The van der Waals surface area contributed by atoms with Crippen molar-refractivity contribution in [2.45, 2.75) is 57.5 Å². The third kappa shape index (κ3) is 2.38. The van der Waals surface area contributed by atoms with Crippen molar-refractivity contribution in [3.63, 3.8) is 0 Å². The van der Waals surface area contributed by atoms with Crippen LogP contribution < -0.4 is 0 Å². The molecular formula is C17H30N2. The van der Waals surface area contributed by atoms with Gasteiger partial charge in [-0.15, -0.1) is 0 Å². The van der Waals surface area contributed by atoms with Crippen molar-refractivity contribution < 1.29 is 0 Å². The smallest absolute Gasteiger partial charge is 0.0316 e. The number of hydrogen-bond donors (Lipinski definition) is 0. The zero-order chi connectivity index (χ0) is 13.6. The average molecular weight is 262 g/mol. The van der Waals surface area contributed by atoms with Gasteiger partial charge >= 0.3 is 0 Å². The fourth-order valence-electron chi connectivity index (χ4n) is 4.56. The van der Waals surface area contributed by atoms with E-state index in [0.717, 1.165) is 17.9 Å². The van der Waals surface area contributed by atoms with Crippen LogP contribution in [0.25, 0.3) is 0 Å². The summed E-state index contributed by atoms with van der Waals surface area (Å²) in [6.07, 6.45) is 9.67. The molecule has 0 N–H and O–H groups in total. The molecule has 1 unspecified atom stereocenters. The molecule has 0 aromatic carbocycles. The van der Waals surface area contributed by atoms with Gasteiger partial charge in [-0.25, -0.2) is 0 Å². The number of hydrogen-bond acceptors (Lipinski definition) is 2. The summed E-state index contributed by atoms with van der Waals surface area (Å²) in [5.41, 5.74) is 2.37. The second-order valence-electron chi connectivity index (χ2n) is 7.74. The molecule has 2 aliphatic carbocycles. The highest BCUT2D eigenvalue weighted by Crippen LogP contribution is 2.54. The highest BCUT2D eigenvalue weighted by molar-refractivity contribution is 5.25. The van der Waals surface area contributed by atoms with Crippen molar-refractivity contribution in [2.75, 3.05) is 27.2 Å². The first-order valence-corrected chi connectivity index (χ1v) is 8.12. The Morgan fingerprint density at radius 2 is 2.11 bits per heavy atom. The van der Waals surface area contributed by atoms with Crippen molar-refractivity contribution in [1.82, 2.24) is 9.80 Å². The van der Waals surface area contributed by atoms with Crippen LogP contribution in [0.2, 0.25) is 0 Å². The zero-order valence-corrected chi connectivity index (χ0v) is 13.2. The first kappa shape index (κ1) is 13.6. The SMILES string of the molecule is CC(C)/C=C1\CCC1N1CCC12CC(CN(C)C)C2. The van der Waals surface area contributed by atoms with E-state index in [1.807, 2.05) is 0 Å². The Kier molecular flexibility index (Phi) is 3.51. The zero-order valence-electron chi connectivity index (χ0n) is 13.2. The molecule has 0 radical (unpaired) electrons. The first-order valence-electron chi connectivity index (χ1n) is 8.12. The summed E-state index contributed by atoms with van der Waals surface area (Å²) in [7, 11) is 4.41. The third-order valence-corrected chi connectivity index (χ3v) is 5.45. The lowest BCUT2D eigenvalue weighted by Gasteiger charge is -2.66. The minimum atomic E-state index is 0.627. The van der Waals surface area contributed by atoms with Gasteiger partial charge < -0.3 is 4.90 Å². The maximum atomic E-state index is 2.86. The predicted molar refractivity (Wildman–Crippen MR) is 81.3 cm³/mol. The molecular weight excluding hydrogens is 232 g/mol. The van der Waals surface area contributed by atoms with Crippen molar-refractivity contribution >= 4 is 0 Å². The second kappa shape index (κ2) is 4.89. The van der Waals surface area contributed by atoms with Crippen LogP contribution in [0.15, 0.2) is 11.6 Å². The Bertz CT molecular complexity index is 363. The van der Waals surface area contributed by atoms with Gasteiger partial charge in [0.2, 0.25) is 0 Å². The van der Waals surface area contributed by atoms with E-state index in [4.69, 9.17) is 0 Å². The number of nitrogens with zero attached hydrogens (tertiary/aromatic N) is 2. The molecule has 108 valence electrons. The Hall–Kier alpha value is -0.340. The fraction of sp³-hybridized carbons (Fsp3) is 0.882. The van der Waals surface area contributed by atoms with Gasteiger partial charge in [0.15, 0.2) is 0 Å². The van der Waals surface area contributed by atoms with Crippen LogP contribution in [-0.2, 0) is 0 Å². The van der Waals surface area contributed by atoms with E-state index in [0.29, 0.717) is 5.54 Å². The van der Waals surface area contributed by atoms with E-state index in [2.05, 4.69) is 43.8 Å². The number of rotatable bonds is 4. The van der Waals surface area contributed by atoms with Gasteiger partial charge in [-0.2, -0.15) is 0 Å².